The van der Waals surface area contributed by atoms with Gasteiger partial charge in [0.25, 0.3) is 5.91 Å². The zero-order chi connectivity index (χ0) is 13.3. The van der Waals surface area contributed by atoms with Crippen LogP contribution in [0.25, 0.3) is 0 Å². The van der Waals surface area contributed by atoms with Crippen LogP contribution < -0.4 is 5.73 Å². The van der Waals surface area contributed by atoms with Crippen molar-refractivity contribution in [3.05, 3.63) is 21.4 Å². The largest absolute Gasteiger partial charge is 0.333 e. The zero-order valence-electron chi connectivity index (χ0n) is 11.4. The molecule has 2 heterocycles. The van der Waals surface area contributed by atoms with Crippen molar-refractivity contribution in [1.82, 2.24) is 4.90 Å². The molecule has 1 aliphatic rings. The van der Waals surface area contributed by atoms with E-state index in [0.29, 0.717) is 12.5 Å². The summed E-state index contributed by atoms with van der Waals surface area (Å²) in [5.41, 5.74) is 7.05. The third kappa shape index (κ3) is 2.45. The van der Waals surface area contributed by atoms with Crippen LogP contribution in [0.5, 0.6) is 0 Å². The number of hydrogen-bond donors (Lipinski definition) is 1. The average Bonchev–Trinajstić information content (AvgIpc) is 2.68. The summed E-state index contributed by atoms with van der Waals surface area (Å²) in [6, 6.07) is 2.21. The molecule has 1 aromatic rings. The van der Waals surface area contributed by atoms with Gasteiger partial charge < -0.3 is 10.6 Å². The highest BCUT2D eigenvalue weighted by atomic mass is 32.1. The number of likely N-dealkylation sites (tertiary alicyclic amines) is 1. The summed E-state index contributed by atoms with van der Waals surface area (Å²) < 4.78 is 0. The molecule has 0 radical (unpaired) electrons. The van der Waals surface area contributed by atoms with E-state index in [2.05, 4.69) is 20.8 Å². The number of carbonyl (C=O) groups excluding carboxylic acids is 1. The molecule has 3 nitrogen and oxygen atoms in total. The van der Waals surface area contributed by atoms with E-state index in [-0.39, 0.29) is 11.9 Å². The van der Waals surface area contributed by atoms with Crippen LogP contribution in [-0.4, -0.2) is 29.9 Å². The van der Waals surface area contributed by atoms with Crippen molar-refractivity contribution in [3.8, 4) is 0 Å². The molecule has 1 fully saturated rings. The van der Waals surface area contributed by atoms with Gasteiger partial charge in [-0.05, 0) is 44.2 Å². The smallest absolute Gasteiger partial charge is 0.264 e. The van der Waals surface area contributed by atoms with Gasteiger partial charge in [0.2, 0.25) is 0 Å². The highest BCUT2D eigenvalue weighted by Crippen LogP contribution is 2.27. The number of thiophene rings is 1. The first-order chi connectivity index (χ1) is 8.54. The van der Waals surface area contributed by atoms with Crippen LogP contribution in [0.1, 0.15) is 39.9 Å². The number of amides is 1. The van der Waals surface area contributed by atoms with Gasteiger partial charge in [-0.2, -0.15) is 0 Å². The van der Waals surface area contributed by atoms with Gasteiger partial charge in [-0.3, -0.25) is 4.79 Å². The summed E-state index contributed by atoms with van der Waals surface area (Å²) in [7, 11) is 0. The fourth-order valence-electron chi connectivity index (χ4n) is 2.68. The number of piperidine rings is 1. The first kappa shape index (κ1) is 13.6. The van der Waals surface area contributed by atoms with E-state index < -0.39 is 0 Å². The Hall–Kier alpha value is -0.870. The van der Waals surface area contributed by atoms with E-state index in [4.69, 9.17) is 5.73 Å². The highest BCUT2D eigenvalue weighted by Gasteiger charge is 2.31. The molecule has 1 aliphatic heterocycles. The molecule has 4 heteroatoms. The first-order valence-electron chi connectivity index (χ1n) is 6.62. The lowest BCUT2D eigenvalue weighted by Crippen LogP contribution is -2.51. The molecule has 0 saturated carbocycles. The minimum atomic E-state index is 0.165. The predicted octanol–water partition coefficient (Wildman–Crippen LogP) is 2.56. The average molecular weight is 266 g/mol. The third-order valence-corrected chi connectivity index (χ3v) is 5.14. The molecule has 0 aromatic carbocycles. The summed E-state index contributed by atoms with van der Waals surface area (Å²) in [4.78, 5) is 16.6. The number of carbonyl (C=O) groups is 1. The van der Waals surface area contributed by atoms with E-state index in [1.165, 1.54) is 16.9 Å². The Labute approximate surface area is 113 Å². The van der Waals surface area contributed by atoms with Gasteiger partial charge in [-0.25, -0.2) is 0 Å². The number of hydrogen-bond acceptors (Lipinski definition) is 3. The number of rotatable bonds is 2. The Balaban J connectivity index is 2.21. The summed E-state index contributed by atoms with van der Waals surface area (Å²) >= 11 is 1.60. The van der Waals surface area contributed by atoms with Gasteiger partial charge >= 0.3 is 0 Å². The van der Waals surface area contributed by atoms with Crippen LogP contribution in [0.3, 0.4) is 0 Å². The van der Waals surface area contributed by atoms with Crippen molar-refractivity contribution < 1.29 is 4.79 Å². The molecular weight excluding hydrogens is 244 g/mol. The molecule has 2 N–H and O–H groups in total. The van der Waals surface area contributed by atoms with Gasteiger partial charge in [0.15, 0.2) is 0 Å². The summed E-state index contributed by atoms with van der Waals surface area (Å²) in [5.74, 6) is 0.674. The van der Waals surface area contributed by atoms with Crippen molar-refractivity contribution >= 4 is 17.2 Å². The molecule has 0 spiro atoms. The van der Waals surface area contributed by atoms with Gasteiger partial charge in [-0.15, -0.1) is 11.3 Å². The van der Waals surface area contributed by atoms with E-state index >= 15 is 0 Å². The molecule has 18 heavy (non-hydrogen) atoms. The summed E-state index contributed by atoms with van der Waals surface area (Å²) in [5, 5.41) is 0. The molecule has 1 saturated heterocycles. The van der Waals surface area contributed by atoms with Gasteiger partial charge in [-0.1, -0.05) is 6.92 Å². The van der Waals surface area contributed by atoms with Crippen LogP contribution >= 0.6 is 11.3 Å². The lowest BCUT2D eigenvalue weighted by molar-refractivity contribution is 0.0537. The van der Waals surface area contributed by atoms with Crippen molar-refractivity contribution in [3.63, 3.8) is 0 Å². The summed E-state index contributed by atoms with van der Waals surface area (Å²) in [6.45, 7) is 7.73. The third-order valence-electron chi connectivity index (χ3n) is 3.99. The molecule has 1 amide bonds. The van der Waals surface area contributed by atoms with E-state index in [1.54, 1.807) is 11.3 Å². The SMILES string of the molecule is Cc1cc(C(=O)N2CCC[C@H](C)[C@H]2CN)sc1C. The fourth-order valence-corrected chi connectivity index (χ4v) is 3.67. The quantitative estimate of drug-likeness (QED) is 0.894. The maximum absolute atomic E-state index is 12.6. The minimum Gasteiger partial charge on any atom is -0.333 e. The van der Waals surface area contributed by atoms with Crippen LogP contribution in [-0.2, 0) is 0 Å². The molecule has 0 aliphatic carbocycles. The lowest BCUT2D eigenvalue weighted by atomic mass is 9.90. The molecular formula is C14H22N2OS. The van der Waals surface area contributed by atoms with E-state index in [0.717, 1.165) is 17.8 Å². The first-order valence-corrected chi connectivity index (χ1v) is 7.44. The Kier molecular flexibility index (Phi) is 4.07. The topological polar surface area (TPSA) is 46.3 Å². The van der Waals surface area contributed by atoms with Gasteiger partial charge in [0.05, 0.1) is 4.88 Å². The Bertz CT molecular complexity index is 422. The van der Waals surface area contributed by atoms with Gasteiger partial charge in [0, 0.05) is 24.0 Å². The monoisotopic (exact) mass is 266 g/mol. The second-order valence-electron chi connectivity index (χ2n) is 5.27. The van der Waals surface area contributed by atoms with E-state index in [9.17, 15) is 4.79 Å². The molecule has 1 aromatic heterocycles. The highest BCUT2D eigenvalue weighted by molar-refractivity contribution is 7.14. The second-order valence-corrected chi connectivity index (χ2v) is 6.53. The van der Waals surface area contributed by atoms with Crippen molar-refractivity contribution in [2.24, 2.45) is 11.7 Å². The standard InChI is InChI=1S/C14H22N2OS/c1-9-5-4-6-16(12(9)8-15)14(17)13-7-10(2)11(3)18-13/h7,9,12H,4-6,8,15H2,1-3H3/t9-,12+/m0/s1. The van der Waals surface area contributed by atoms with E-state index in [1.807, 2.05) is 11.0 Å². The van der Waals surface area contributed by atoms with Crippen LogP contribution in [0.2, 0.25) is 0 Å². The fraction of sp³-hybridized carbons (Fsp3) is 0.643. The Morgan fingerprint density at radius 1 is 1.56 bits per heavy atom. The van der Waals surface area contributed by atoms with Crippen molar-refractivity contribution in [2.45, 2.75) is 39.7 Å². The van der Waals surface area contributed by atoms with Crippen molar-refractivity contribution in [2.75, 3.05) is 13.1 Å². The molecule has 100 valence electrons. The van der Waals surface area contributed by atoms with Gasteiger partial charge in [0.1, 0.15) is 0 Å². The molecule has 0 unspecified atom stereocenters. The molecule has 2 atom stereocenters. The Morgan fingerprint density at radius 3 is 2.83 bits per heavy atom. The number of nitrogens with two attached hydrogens (primary N) is 1. The maximum Gasteiger partial charge on any atom is 0.264 e. The minimum absolute atomic E-state index is 0.165. The number of nitrogens with zero attached hydrogens (tertiary/aromatic N) is 1. The lowest BCUT2D eigenvalue weighted by Gasteiger charge is -2.39. The summed E-state index contributed by atoms with van der Waals surface area (Å²) in [6.07, 6.45) is 2.26. The van der Waals surface area contributed by atoms with Crippen LogP contribution in [0.4, 0.5) is 0 Å². The number of aryl methyl sites for hydroxylation is 2. The van der Waals surface area contributed by atoms with Crippen molar-refractivity contribution in [1.29, 1.82) is 0 Å². The predicted molar refractivity (Wildman–Crippen MR) is 76.1 cm³/mol. The van der Waals surface area contributed by atoms with Crippen LogP contribution in [0.15, 0.2) is 6.07 Å². The van der Waals surface area contributed by atoms with Crippen LogP contribution in [0, 0.1) is 19.8 Å². The normalized spacial score (nSPS) is 24.3. The Morgan fingerprint density at radius 2 is 2.28 bits per heavy atom. The second kappa shape index (κ2) is 5.41. The zero-order valence-corrected chi connectivity index (χ0v) is 12.2. The maximum atomic E-state index is 12.6. The molecule has 2 rings (SSSR count). The molecule has 0 bridgehead atoms.